The molecule has 0 unspecified atom stereocenters. The Morgan fingerprint density at radius 1 is 1.25 bits per heavy atom. The van der Waals surface area contributed by atoms with Crippen molar-refractivity contribution in [1.29, 1.82) is 0 Å². The summed E-state index contributed by atoms with van der Waals surface area (Å²) in [6, 6.07) is 7.36. The summed E-state index contributed by atoms with van der Waals surface area (Å²) in [5.74, 6) is -0.999. The van der Waals surface area contributed by atoms with Crippen LogP contribution in [0, 0.1) is 0 Å². The third kappa shape index (κ3) is 2.54. The lowest BCUT2D eigenvalue weighted by atomic mass is 10.3. The van der Waals surface area contributed by atoms with Gasteiger partial charge in [0.25, 0.3) is 0 Å². The van der Waals surface area contributed by atoms with Crippen LogP contribution in [0.15, 0.2) is 40.9 Å². The summed E-state index contributed by atoms with van der Waals surface area (Å²) in [6.45, 7) is 0. The highest BCUT2D eigenvalue weighted by molar-refractivity contribution is 8.02. The van der Waals surface area contributed by atoms with E-state index in [-0.39, 0.29) is 0 Å². The second kappa shape index (κ2) is 4.71. The van der Waals surface area contributed by atoms with Crippen molar-refractivity contribution >= 4 is 28.8 Å². The van der Waals surface area contributed by atoms with Gasteiger partial charge in [-0.05, 0) is 17.5 Å². The van der Waals surface area contributed by atoms with Crippen molar-refractivity contribution in [3.05, 3.63) is 35.7 Å². The quantitative estimate of drug-likeness (QED) is 0.642. The molecule has 0 saturated carbocycles. The number of nitrogens with zero attached hydrogens (tertiary/aromatic N) is 3. The lowest BCUT2D eigenvalue weighted by Crippen LogP contribution is -1.91. The first-order valence-corrected chi connectivity index (χ1v) is 5.29. The number of fused-ring (bicyclic) bond motifs is 1. The van der Waals surface area contributed by atoms with Crippen LogP contribution in [0.25, 0.3) is 11.0 Å². The summed E-state index contributed by atoms with van der Waals surface area (Å²) in [5.41, 5.74) is 1.46. The summed E-state index contributed by atoms with van der Waals surface area (Å²) >= 11 is 1.12. The lowest BCUT2D eigenvalue weighted by molar-refractivity contribution is -0.131. The van der Waals surface area contributed by atoms with Crippen LogP contribution in [-0.4, -0.2) is 26.3 Å². The van der Waals surface area contributed by atoms with Crippen molar-refractivity contribution in [2.45, 2.75) is 5.16 Å². The maximum atomic E-state index is 10.2. The standard InChI is InChI=1S/C10H7N3O2S/c14-9(15)5-6-16-10-11-7-3-1-2-4-8(7)12-13-10/h1-6H,(H,14,15)/b6-5-. The van der Waals surface area contributed by atoms with Gasteiger partial charge in [0.2, 0.25) is 5.16 Å². The van der Waals surface area contributed by atoms with E-state index in [9.17, 15) is 4.79 Å². The fourth-order valence-corrected chi connectivity index (χ4v) is 1.61. The zero-order valence-corrected chi connectivity index (χ0v) is 8.89. The van der Waals surface area contributed by atoms with Crippen LogP contribution in [0.2, 0.25) is 0 Å². The minimum Gasteiger partial charge on any atom is -0.478 e. The molecule has 2 rings (SSSR count). The summed E-state index contributed by atoms with van der Waals surface area (Å²) < 4.78 is 0. The van der Waals surface area contributed by atoms with Gasteiger partial charge in [0.15, 0.2) is 0 Å². The number of carboxylic acid groups (broad SMARTS) is 1. The van der Waals surface area contributed by atoms with E-state index in [1.54, 1.807) is 0 Å². The van der Waals surface area contributed by atoms with Gasteiger partial charge >= 0.3 is 5.97 Å². The number of benzene rings is 1. The molecule has 5 nitrogen and oxygen atoms in total. The Kier molecular flexibility index (Phi) is 3.11. The van der Waals surface area contributed by atoms with Crippen LogP contribution in [0.5, 0.6) is 0 Å². The molecule has 16 heavy (non-hydrogen) atoms. The molecule has 1 N–H and O–H groups in total. The second-order valence-electron chi connectivity index (χ2n) is 2.84. The lowest BCUT2D eigenvalue weighted by Gasteiger charge is -1.96. The van der Waals surface area contributed by atoms with Crippen LogP contribution >= 0.6 is 11.8 Å². The third-order valence-electron chi connectivity index (χ3n) is 1.73. The van der Waals surface area contributed by atoms with Gasteiger partial charge in [0.05, 0.1) is 5.52 Å². The minimum absolute atomic E-state index is 0.427. The Morgan fingerprint density at radius 3 is 2.75 bits per heavy atom. The van der Waals surface area contributed by atoms with Gasteiger partial charge in [-0.1, -0.05) is 23.9 Å². The van der Waals surface area contributed by atoms with Gasteiger partial charge in [-0.3, -0.25) is 0 Å². The number of aliphatic carboxylic acids is 1. The molecule has 0 amide bonds. The molecule has 0 aliphatic rings. The molecule has 1 aromatic carbocycles. The van der Waals surface area contributed by atoms with Crippen molar-refractivity contribution in [2.75, 3.05) is 0 Å². The molecule has 1 aromatic heterocycles. The van der Waals surface area contributed by atoms with E-state index in [0.717, 1.165) is 23.4 Å². The number of carbonyl (C=O) groups is 1. The molecule has 0 saturated heterocycles. The maximum Gasteiger partial charge on any atom is 0.328 e. The van der Waals surface area contributed by atoms with E-state index >= 15 is 0 Å². The highest BCUT2D eigenvalue weighted by Gasteiger charge is 1.99. The van der Waals surface area contributed by atoms with Crippen molar-refractivity contribution in [2.24, 2.45) is 0 Å². The van der Waals surface area contributed by atoms with E-state index in [1.807, 2.05) is 24.3 Å². The third-order valence-corrected chi connectivity index (χ3v) is 2.38. The van der Waals surface area contributed by atoms with Crippen LogP contribution in [0.3, 0.4) is 0 Å². The maximum absolute atomic E-state index is 10.2. The number of rotatable bonds is 3. The number of thioether (sulfide) groups is 1. The molecule has 0 spiro atoms. The van der Waals surface area contributed by atoms with Crippen molar-refractivity contribution in [1.82, 2.24) is 15.2 Å². The van der Waals surface area contributed by atoms with Crippen LogP contribution < -0.4 is 0 Å². The Bertz CT molecular complexity index is 557. The first-order valence-electron chi connectivity index (χ1n) is 4.41. The molecule has 2 aromatic rings. The molecule has 0 atom stereocenters. The van der Waals surface area contributed by atoms with E-state index in [1.165, 1.54) is 5.41 Å². The molecule has 0 aliphatic heterocycles. The van der Waals surface area contributed by atoms with E-state index in [2.05, 4.69) is 15.2 Å². The number of hydrogen-bond donors (Lipinski definition) is 1. The van der Waals surface area contributed by atoms with Gasteiger partial charge in [0, 0.05) is 6.08 Å². The van der Waals surface area contributed by atoms with Gasteiger partial charge in [-0.25, -0.2) is 9.78 Å². The predicted molar refractivity (Wildman–Crippen MR) is 60.0 cm³/mol. The van der Waals surface area contributed by atoms with Gasteiger partial charge in [-0.2, -0.15) is 0 Å². The Balaban J connectivity index is 2.23. The number of para-hydroxylation sites is 1. The Morgan fingerprint density at radius 2 is 2.00 bits per heavy atom. The van der Waals surface area contributed by atoms with E-state index in [0.29, 0.717) is 10.7 Å². The SMILES string of the molecule is O=C(O)/C=C\Sc1nnc2ccccc2n1. The molecule has 6 heteroatoms. The molecule has 0 bridgehead atoms. The topological polar surface area (TPSA) is 76.0 Å². The number of hydrogen-bond acceptors (Lipinski definition) is 5. The van der Waals surface area contributed by atoms with Gasteiger partial charge in [0.1, 0.15) is 5.52 Å². The molecule has 0 aliphatic carbocycles. The number of aromatic nitrogens is 3. The fraction of sp³-hybridized carbons (Fsp3) is 0. The molecule has 0 fully saturated rings. The van der Waals surface area contributed by atoms with E-state index in [4.69, 9.17) is 5.11 Å². The predicted octanol–water partition coefficient (Wildman–Crippen LogP) is 1.72. The molecule has 1 heterocycles. The summed E-state index contributed by atoms with van der Waals surface area (Å²) in [5, 5.41) is 18.1. The van der Waals surface area contributed by atoms with Crippen molar-refractivity contribution in [3.8, 4) is 0 Å². The van der Waals surface area contributed by atoms with Crippen molar-refractivity contribution < 1.29 is 9.90 Å². The van der Waals surface area contributed by atoms with Crippen molar-refractivity contribution in [3.63, 3.8) is 0 Å². The highest BCUT2D eigenvalue weighted by Crippen LogP contribution is 2.15. The zero-order valence-electron chi connectivity index (χ0n) is 8.07. The first-order chi connectivity index (χ1) is 7.75. The second-order valence-corrected chi connectivity index (χ2v) is 3.71. The Hall–Kier alpha value is -1.95. The first kappa shape index (κ1) is 10.6. The average Bonchev–Trinajstić information content (AvgIpc) is 2.28. The van der Waals surface area contributed by atoms with E-state index < -0.39 is 5.97 Å². The van der Waals surface area contributed by atoms with Crippen LogP contribution in [-0.2, 0) is 4.79 Å². The van der Waals surface area contributed by atoms with Crippen LogP contribution in [0.1, 0.15) is 0 Å². The van der Waals surface area contributed by atoms with Gasteiger partial charge < -0.3 is 5.11 Å². The van der Waals surface area contributed by atoms with Crippen LogP contribution in [0.4, 0.5) is 0 Å². The highest BCUT2D eigenvalue weighted by atomic mass is 32.2. The van der Waals surface area contributed by atoms with Gasteiger partial charge in [-0.15, -0.1) is 10.2 Å². The monoisotopic (exact) mass is 233 g/mol. The zero-order chi connectivity index (χ0) is 11.4. The minimum atomic E-state index is -0.999. The fourth-order valence-electron chi connectivity index (χ4n) is 1.07. The Labute approximate surface area is 95.2 Å². The average molecular weight is 233 g/mol. The summed E-state index contributed by atoms with van der Waals surface area (Å²) in [6.07, 6.45) is 1.03. The molecule has 80 valence electrons. The smallest absolute Gasteiger partial charge is 0.328 e. The molecular formula is C10H7N3O2S. The largest absolute Gasteiger partial charge is 0.478 e. The normalized spacial score (nSPS) is 11.0. The molecule has 0 radical (unpaired) electrons. The summed E-state index contributed by atoms with van der Waals surface area (Å²) in [4.78, 5) is 14.5. The number of carboxylic acids is 1. The molecular weight excluding hydrogens is 226 g/mol. The summed E-state index contributed by atoms with van der Waals surface area (Å²) in [7, 11) is 0.